The highest BCUT2D eigenvalue weighted by atomic mass is 35.5. The molecular weight excluding hydrogens is 338 g/mol. The van der Waals surface area contributed by atoms with Gasteiger partial charge in [0.05, 0.1) is 29.2 Å². The molecule has 0 radical (unpaired) electrons. The van der Waals surface area contributed by atoms with Crippen LogP contribution in [-0.4, -0.2) is 34.9 Å². The summed E-state index contributed by atoms with van der Waals surface area (Å²) < 4.78 is 7.44. The van der Waals surface area contributed by atoms with Gasteiger partial charge in [0, 0.05) is 24.1 Å². The van der Waals surface area contributed by atoms with Crippen LogP contribution in [-0.2, 0) is 4.74 Å². The van der Waals surface area contributed by atoms with Crippen LogP contribution in [0.15, 0.2) is 24.4 Å². The van der Waals surface area contributed by atoms with E-state index in [1.807, 2.05) is 29.8 Å². The highest BCUT2D eigenvalue weighted by Gasteiger charge is 2.33. The maximum absolute atomic E-state index is 12.7. The summed E-state index contributed by atoms with van der Waals surface area (Å²) in [7, 11) is 0. The molecule has 2 heterocycles. The molecule has 1 aromatic carbocycles. The third kappa shape index (κ3) is 3.44. The number of hydrogen-bond donors (Lipinski definition) is 1. The maximum atomic E-state index is 12.7. The molecule has 1 saturated carbocycles. The standard InChI is InChI=1S/C19H22ClN3O2/c1-12-4-7-14(9-17(12)20)23-18(13-5-6-13)16(11-22-23)19(24)21-10-15-3-2-8-25-15/h4,7,9,11,13,15H,2-3,5-6,8,10H2,1H3,(H,21,24). The zero-order valence-corrected chi connectivity index (χ0v) is 15.1. The van der Waals surface area contributed by atoms with Crippen LogP contribution in [0, 0.1) is 6.92 Å². The van der Waals surface area contributed by atoms with Gasteiger partial charge in [-0.25, -0.2) is 4.68 Å². The number of benzene rings is 1. The summed E-state index contributed by atoms with van der Waals surface area (Å²) in [6.07, 6.45) is 6.08. The normalized spacial score (nSPS) is 20.0. The van der Waals surface area contributed by atoms with Gasteiger partial charge in [-0.15, -0.1) is 0 Å². The van der Waals surface area contributed by atoms with Crippen molar-refractivity contribution >= 4 is 17.5 Å². The largest absolute Gasteiger partial charge is 0.376 e. The van der Waals surface area contributed by atoms with E-state index in [-0.39, 0.29) is 12.0 Å². The van der Waals surface area contributed by atoms with E-state index in [1.165, 1.54) is 0 Å². The van der Waals surface area contributed by atoms with E-state index >= 15 is 0 Å². The molecule has 6 heteroatoms. The van der Waals surface area contributed by atoms with Crippen molar-refractivity contribution in [2.45, 2.75) is 44.6 Å². The summed E-state index contributed by atoms with van der Waals surface area (Å²) in [5.74, 6) is 0.327. The highest BCUT2D eigenvalue weighted by Crippen LogP contribution is 2.42. The lowest BCUT2D eigenvalue weighted by molar-refractivity contribution is 0.0857. The van der Waals surface area contributed by atoms with E-state index in [0.717, 1.165) is 49.2 Å². The van der Waals surface area contributed by atoms with E-state index in [1.54, 1.807) is 6.20 Å². The Kier molecular flexibility index (Phi) is 4.52. The summed E-state index contributed by atoms with van der Waals surface area (Å²) in [5, 5.41) is 8.20. The van der Waals surface area contributed by atoms with E-state index in [2.05, 4.69) is 10.4 Å². The van der Waals surface area contributed by atoms with Crippen molar-refractivity contribution in [3.63, 3.8) is 0 Å². The number of carbonyl (C=O) groups excluding carboxylic acids is 1. The van der Waals surface area contributed by atoms with Crippen LogP contribution in [0.4, 0.5) is 0 Å². The lowest BCUT2D eigenvalue weighted by Gasteiger charge is -2.12. The zero-order chi connectivity index (χ0) is 17.4. The van der Waals surface area contributed by atoms with Gasteiger partial charge in [0.15, 0.2) is 0 Å². The third-order valence-corrected chi connectivity index (χ3v) is 5.34. The second kappa shape index (κ2) is 6.81. The number of carbonyl (C=O) groups is 1. The monoisotopic (exact) mass is 359 g/mol. The molecule has 0 bridgehead atoms. The van der Waals surface area contributed by atoms with E-state index < -0.39 is 0 Å². The Morgan fingerprint density at radius 2 is 2.24 bits per heavy atom. The van der Waals surface area contributed by atoms with Gasteiger partial charge in [-0.2, -0.15) is 5.10 Å². The molecule has 1 saturated heterocycles. The molecule has 1 aliphatic heterocycles. The lowest BCUT2D eigenvalue weighted by atomic mass is 10.1. The molecule has 1 aromatic heterocycles. The first-order chi connectivity index (χ1) is 12.1. The number of halogens is 1. The number of aryl methyl sites for hydroxylation is 1. The predicted octanol–water partition coefficient (Wildman–Crippen LogP) is 3.62. The number of rotatable bonds is 5. The molecule has 1 unspecified atom stereocenters. The smallest absolute Gasteiger partial charge is 0.254 e. The third-order valence-electron chi connectivity index (χ3n) is 4.93. The number of nitrogens with zero attached hydrogens (tertiary/aromatic N) is 2. The average Bonchev–Trinajstić information content (AvgIpc) is 3.13. The molecule has 2 fully saturated rings. The lowest BCUT2D eigenvalue weighted by Crippen LogP contribution is -2.32. The second-order valence-corrected chi connectivity index (χ2v) is 7.32. The molecule has 1 atom stereocenters. The van der Waals surface area contributed by atoms with Gasteiger partial charge in [0.1, 0.15) is 0 Å². The summed E-state index contributed by atoms with van der Waals surface area (Å²) in [5.41, 5.74) is 3.58. The molecule has 0 spiro atoms. The Balaban J connectivity index is 1.59. The van der Waals surface area contributed by atoms with Gasteiger partial charge in [-0.1, -0.05) is 17.7 Å². The number of aromatic nitrogens is 2. The van der Waals surface area contributed by atoms with Crippen molar-refractivity contribution in [2.75, 3.05) is 13.2 Å². The van der Waals surface area contributed by atoms with Crippen molar-refractivity contribution in [3.05, 3.63) is 46.2 Å². The quantitative estimate of drug-likeness (QED) is 0.887. The summed E-state index contributed by atoms with van der Waals surface area (Å²) in [6.45, 7) is 3.32. The molecule has 25 heavy (non-hydrogen) atoms. The van der Waals surface area contributed by atoms with Gasteiger partial charge in [0.2, 0.25) is 0 Å². The van der Waals surface area contributed by atoms with Crippen LogP contribution in [0.5, 0.6) is 0 Å². The first-order valence-corrected chi connectivity index (χ1v) is 9.25. The van der Waals surface area contributed by atoms with E-state index in [0.29, 0.717) is 23.0 Å². The topological polar surface area (TPSA) is 56.2 Å². The molecule has 1 N–H and O–H groups in total. The SMILES string of the molecule is Cc1ccc(-n2ncc(C(=O)NCC3CCCO3)c2C2CC2)cc1Cl. The minimum Gasteiger partial charge on any atom is -0.376 e. The first kappa shape index (κ1) is 16.6. The van der Waals surface area contributed by atoms with Gasteiger partial charge >= 0.3 is 0 Å². The molecule has 2 aliphatic rings. The van der Waals surface area contributed by atoms with Crippen molar-refractivity contribution in [3.8, 4) is 5.69 Å². The highest BCUT2D eigenvalue weighted by molar-refractivity contribution is 6.31. The Labute approximate surface area is 152 Å². The van der Waals surface area contributed by atoms with Crippen LogP contribution in [0.2, 0.25) is 5.02 Å². The molecule has 1 amide bonds. The van der Waals surface area contributed by atoms with E-state index in [4.69, 9.17) is 16.3 Å². The average molecular weight is 360 g/mol. The Morgan fingerprint density at radius 1 is 1.40 bits per heavy atom. The van der Waals surface area contributed by atoms with Crippen LogP contribution >= 0.6 is 11.6 Å². The van der Waals surface area contributed by atoms with Crippen LogP contribution in [0.3, 0.4) is 0 Å². The fourth-order valence-corrected chi connectivity index (χ4v) is 3.48. The molecular formula is C19H22ClN3O2. The number of hydrogen-bond acceptors (Lipinski definition) is 3. The Hall–Kier alpha value is -1.85. The van der Waals surface area contributed by atoms with Crippen molar-refractivity contribution < 1.29 is 9.53 Å². The fraction of sp³-hybridized carbons (Fsp3) is 0.474. The van der Waals surface area contributed by atoms with Crippen molar-refractivity contribution in [2.24, 2.45) is 0 Å². The number of ether oxygens (including phenoxy) is 1. The Morgan fingerprint density at radius 3 is 2.92 bits per heavy atom. The summed E-state index contributed by atoms with van der Waals surface area (Å²) in [4.78, 5) is 12.7. The molecule has 132 valence electrons. The van der Waals surface area contributed by atoms with Gasteiger partial charge in [-0.3, -0.25) is 4.79 Å². The van der Waals surface area contributed by atoms with Crippen LogP contribution in [0.1, 0.15) is 53.2 Å². The fourth-order valence-electron chi connectivity index (χ4n) is 3.31. The van der Waals surface area contributed by atoms with Crippen LogP contribution < -0.4 is 5.32 Å². The molecule has 5 nitrogen and oxygen atoms in total. The summed E-state index contributed by atoms with van der Waals surface area (Å²) in [6, 6.07) is 5.88. The number of amides is 1. The zero-order valence-electron chi connectivity index (χ0n) is 14.3. The minimum atomic E-state index is -0.0677. The van der Waals surface area contributed by atoms with Crippen molar-refractivity contribution in [1.29, 1.82) is 0 Å². The Bertz CT molecular complexity index is 792. The van der Waals surface area contributed by atoms with Gasteiger partial charge in [-0.05, 0) is 50.3 Å². The molecule has 1 aliphatic carbocycles. The van der Waals surface area contributed by atoms with Crippen molar-refractivity contribution in [1.82, 2.24) is 15.1 Å². The second-order valence-electron chi connectivity index (χ2n) is 6.91. The molecule has 4 rings (SSSR count). The first-order valence-electron chi connectivity index (χ1n) is 8.87. The van der Waals surface area contributed by atoms with Gasteiger partial charge < -0.3 is 10.1 Å². The van der Waals surface area contributed by atoms with Crippen LogP contribution in [0.25, 0.3) is 5.69 Å². The maximum Gasteiger partial charge on any atom is 0.254 e. The number of nitrogens with one attached hydrogen (secondary N) is 1. The van der Waals surface area contributed by atoms with E-state index in [9.17, 15) is 4.79 Å². The minimum absolute atomic E-state index is 0.0677. The van der Waals surface area contributed by atoms with Gasteiger partial charge in [0.25, 0.3) is 5.91 Å². The molecule has 2 aromatic rings. The summed E-state index contributed by atoms with van der Waals surface area (Å²) >= 11 is 6.27. The predicted molar refractivity (Wildman–Crippen MR) is 96.6 cm³/mol.